The number of halogens is 5. The fraction of sp³-hybridized carbons (Fsp3) is 0.562. The molecule has 13 heteroatoms. The molecule has 0 aliphatic carbocycles. The highest BCUT2D eigenvalue weighted by Crippen LogP contribution is 2.44. The number of benzene rings is 2. The number of rotatable bonds is 5. The molecule has 2 fully saturated rings. The summed E-state index contributed by atoms with van der Waals surface area (Å²) >= 11 is 0. The second-order valence-electron chi connectivity index (χ2n) is 13.3. The summed E-state index contributed by atoms with van der Waals surface area (Å²) in [6.07, 6.45) is -0.615. The van der Waals surface area contributed by atoms with Crippen LogP contribution < -0.4 is 5.32 Å². The van der Waals surface area contributed by atoms with Gasteiger partial charge < -0.3 is 19.7 Å². The summed E-state index contributed by atoms with van der Waals surface area (Å²) in [4.78, 5) is 14.8. The maximum atomic E-state index is 15.9. The first-order valence-electron chi connectivity index (χ1n) is 15.3. The number of carbonyl (C=O) groups is 1. The standard InChI is InChI=1S/C32H38F5N5O3/c1-18-11-22-21(8-9-26-23(22)14-38-42(26)27-7-5-6-10-44-27)29(41(18)17-32(35,36)37)28-24(33)12-19(13-25(28)34)39-20-15-40(16-20)30(43)45-31(2,3)4/h8-9,12-14,18,20,27,29,39H,5-7,10-11,15-17H2,1-4H3/t18-,27+,29+/m1/s1. The second-order valence-corrected chi connectivity index (χ2v) is 13.3. The molecule has 0 spiro atoms. The Morgan fingerprint density at radius 2 is 1.82 bits per heavy atom. The smallest absolute Gasteiger partial charge is 0.410 e. The first-order valence-corrected chi connectivity index (χ1v) is 15.3. The lowest BCUT2D eigenvalue weighted by Crippen LogP contribution is -2.57. The second kappa shape index (κ2) is 11.7. The summed E-state index contributed by atoms with van der Waals surface area (Å²) in [6, 6.07) is 3.39. The van der Waals surface area contributed by atoms with Gasteiger partial charge in [0.15, 0.2) is 6.23 Å². The van der Waals surface area contributed by atoms with Gasteiger partial charge in [-0.1, -0.05) is 6.07 Å². The van der Waals surface area contributed by atoms with Crippen LogP contribution in [0.5, 0.6) is 0 Å². The monoisotopic (exact) mass is 635 g/mol. The highest BCUT2D eigenvalue weighted by Gasteiger charge is 2.43. The number of likely N-dealkylation sites (tertiary alicyclic amines) is 1. The van der Waals surface area contributed by atoms with Crippen molar-refractivity contribution in [2.75, 3.05) is 31.6 Å². The van der Waals surface area contributed by atoms with Gasteiger partial charge in [0.05, 0.1) is 30.3 Å². The molecule has 0 radical (unpaired) electrons. The van der Waals surface area contributed by atoms with Crippen LogP contribution in [0, 0.1) is 11.6 Å². The molecule has 3 aliphatic rings. The molecule has 1 amide bonds. The van der Waals surface area contributed by atoms with Gasteiger partial charge in [0.1, 0.15) is 17.2 Å². The van der Waals surface area contributed by atoms with Crippen molar-refractivity contribution in [1.82, 2.24) is 19.6 Å². The zero-order valence-electron chi connectivity index (χ0n) is 25.8. The number of fused-ring (bicyclic) bond motifs is 3. The van der Waals surface area contributed by atoms with E-state index >= 15 is 8.78 Å². The fourth-order valence-electron chi connectivity index (χ4n) is 6.66. The van der Waals surface area contributed by atoms with E-state index in [1.54, 1.807) is 50.7 Å². The van der Waals surface area contributed by atoms with Crippen LogP contribution in [0.2, 0.25) is 0 Å². The van der Waals surface area contributed by atoms with E-state index in [4.69, 9.17) is 9.47 Å². The highest BCUT2D eigenvalue weighted by molar-refractivity contribution is 5.84. The van der Waals surface area contributed by atoms with E-state index in [1.807, 2.05) is 0 Å². The van der Waals surface area contributed by atoms with Crippen LogP contribution in [0.3, 0.4) is 0 Å². The Bertz CT molecular complexity index is 1550. The fourth-order valence-corrected chi connectivity index (χ4v) is 6.66. The van der Waals surface area contributed by atoms with Gasteiger partial charge in [-0.25, -0.2) is 18.3 Å². The molecule has 3 aliphatic heterocycles. The Morgan fingerprint density at radius 1 is 1.11 bits per heavy atom. The molecule has 244 valence electrons. The van der Waals surface area contributed by atoms with Crippen molar-refractivity contribution in [3.8, 4) is 0 Å². The van der Waals surface area contributed by atoms with Gasteiger partial charge >= 0.3 is 12.3 Å². The van der Waals surface area contributed by atoms with Gasteiger partial charge in [-0.3, -0.25) is 4.90 Å². The summed E-state index contributed by atoms with van der Waals surface area (Å²) in [5, 5.41) is 8.33. The Morgan fingerprint density at radius 3 is 2.44 bits per heavy atom. The number of hydrogen-bond donors (Lipinski definition) is 1. The number of ether oxygens (including phenoxy) is 2. The number of aromatic nitrogens is 2. The largest absolute Gasteiger partial charge is 0.444 e. The van der Waals surface area contributed by atoms with Crippen molar-refractivity contribution in [3.63, 3.8) is 0 Å². The summed E-state index contributed by atoms with van der Waals surface area (Å²) in [5.74, 6) is -1.91. The molecule has 6 rings (SSSR count). The maximum absolute atomic E-state index is 15.9. The third kappa shape index (κ3) is 6.46. The lowest BCUT2D eigenvalue weighted by molar-refractivity contribution is -0.155. The highest BCUT2D eigenvalue weighted by atomic mass is 19.4. The Balaban J connectivity index is 1.32. The topological polar surface area (TPSA) is 71.9 Å². The van der Waals surface area contributed by atoms with Gasteiger partial charge in [-0.15, -0.1) is 0 Å². The number of nitrogens with zero attached hydrogens (tertiary/aromatic N) is 4. The number of alkyl halides is 3. The Hall–Kier alpha value is -3.45. The minimum atomic E-state index is -4.59. The lowest BCUT2D eigenvalue weighted by atomic mass is 9.83. The predicted octanol–water partition coefficient (Wildman–Crippen LogP) is 6.94. The van der Waals surface area contributed by atoms with Gasteiger partial charge in [-0.2, -0.15) is 18.3 Å². The van der Waals surface area contributed by atoms with Crippen LogP contribution in [-0.2, 0) is 15.9 Å². The van der Waals surface area contributed by atoms with Crippen LogP contribution in [0.15, 0.2) is 30.5 Å². The lowest BCUT2D eigenvalue weighted by Gasteiger charge is -2.43. The SMILES string of the molecule is C[C@@H]1Cc2c(ccc3c2cnn3[C@@H]2CCCCO2)[C@@H](c2c(F)cc(NC3CN(C(=O)OC(C)(C)C)C3)cc2F)N1CC(F)(F)F. The van der Waals surface area contributed by atoms with E-state index < -0.39 is 53.7 Å². The molecule has 2 saturated heterocycles. The van der Waals surface area contributed by atoms with Gasteiger partial charge in [-0.05, 0) is 82.7 Å². The molecule has 4 heterocycles. The molecule has 2 aromatic carbocycles. The predicted molar refractivity (Wildman–Crippen MR) is 158 cm³/mol. The molecule has 1 aromatic heterocycles. The summed E-state index contributed by atoms with van der Waals surface area (Å²) in [6.45, 7) is 6.78. The quantitative estimate of drug-likeness (QED) is 0.306. The third-order valence-electron chi connectivity index (χ3n) is 8.67. The van der Waals surface area contributed by atoms with Crippen LogP contribution in [0.25, 0.3) is 10.9 Å². The number of anilines is 1. The van der Waals surface area contributed by atoms with Crippen molar-refractivity contribution in [3.05, 3.63) is 58.8 Å². The van der Waals surface area contributed by atoms with E-state index in [2.05, 4.69) is 10.4 Å². The molecular formula is C32H38F5N5O3. The molecule has 8 nitrogen and oxygen atoms in total. The van der Waals surface area contributed by atoms with E-state index in [1.165, 1.54) is 4.90 Å². The number of carbonyl (C=O) groups excluding carboxylic acids is 1. The molecule has 3 atom stereocenters. The minimum Gasteiger partial charge on any atom is -0.444 e. The Labute approximate surface area is 258 Å². The normalized spacial score (nSPS) is 23.1. The van der Waals surface area contributed by atoms with Crippen LogP contribution in [0.4, 0.5) is 32.4 Å². The number of hydrogen-bond acceptors (Lipinski definition) is 6. The van der Waals surface area contributed by atoms with Gasteiger partial charge in [0.2, 0.25) is 0 Å². The minimum absolute atomic E-state index is 0.137. The van der Waals surface area contributed by atoms with Crippen molar-refractivity contribution in [2.45, 2.75) is 89.5 Å². The first kappa shape index (κ1) is 31.5. The van der Waals surface area contributed by atoms with E-state index in [0.717, 1.165) is 52.8 Å². The molecule has 1 N–H and O–H groups in total. The van der Waals surface area contributed by atoms with Crippen LogP contribution in [0.1, 0.15) is 75.9 Å². The van der Waals surface area contributed by atoms with Crippen molar-refractivity contribution >= 4 is 22.7 Å². The van der Waals surface area contributed by atoms with Gasteiger partial charge in [0.25, 0.3) is 0 Å². The zero-order chi connectivity index (χ0) is 32.3. The van der Waals surface area contributed by atoms with Crippen LogP contribution in [-0.4, -0.2) is 75.8 Å². The number of amides is 1. The average Bonchev–Trinajstić information content (AvgIpc) is 3.35. The zero-order valence-corrected chi connectivity index (χ0v) is 25.8. The molecular weight excluding hydrogens is 597 g/mol. The summed E-state index contributed by atoms with van der Waals surface area (Å²) < 4.78 is 86.5. The molecule has 45 heavy (non-hydrogen) atoms. The summed E-state index contributed by atoms with van der Waals surface area (Å²) in [7, 11) is 0. The molecule has 0 bridgehead atoms. The van der Waals surface area contributed by atoms with Crippen LogP contribution >= 0.6 is 0 Å². The van der Waals surface area contributed by atoms with Crippen molar-refractivity contribution < 1.29 is 36.2 Å². The van der Waals surface area contributed by atoms with Crippen molar-refractivity contribution in [2.24, 2.45) is 0 Å². The maximum Gasteiger partial charge on any atom is 0.410 e. The average molecular weight is 636 g/mol. The van der Waals surface area contributed by atoms with Crippen molar-refractivity contribution in [1.29, 1.82) is 0 Å². The van der Waals surface area contributed by atoms with E-state index in [-0.39, 0.29) is 37.5 Å². The molecule has 3 aromatic rings. The summed E-state index contributed by atoms with van der Waals surface area (Å²) in [5.41, 5.74) is 0.963. The molecule has 0 unspecified atom stereocenters. The Kier molecular flexibility index (Phi) is 8.22. The number of nitrogens with one attached hydrogen (secondary N) is 1. The first-order chi connectivity index (χ1) is 21.2. The van der Waals surface area contributed by atoms with E-state index in [0.29, 0.717) is 12.2 Å². The van der Waals surface area contributed by atoms with E-state index in [9.17, 15) is 18.0 Å². The molecule has 0 saturated carbocycles. The van der Waals surface area contributed by atoms with Gasteiger partial charge in [0, 0.05) is 42.4 Å². The third-order valence-corrected chi connectivity index (χ3v) is 8.67.